The molecule has 3 heteroatoms. The minimum atomic E-state index is 0.244. The van der Waals surface area contributed by atoms with Gasteiger partial charge in [0.2, 0.25) is 0 Å². The van der Waals surface area contributed by atoms with E-state index in [-0.39, 0.29) is 5.92 Å². The number of nitrogens with zero attached hydrogens (tertiary/aromatic N) is 1. The van der Waals surface area contributed by atoms with Crippen molar-refractivity contribution >= 4 is 17.1 Å². The molecule has 1 aliphatic rings. The molecule has 0 amide bonds. The lowest BCUT2D eigenvalue weighted by Gasteiger charge is -2.10. The summed E-state index contributed by atoms with van der Waals surface area (Å²) in [6.45, 7) is 2.02. The van der Waals surface area contributed by atoms with Crippen molar-refractivity contribution in [1.82, 2.24) is 4.98 Å². The fourth-order valence-electron chi connectivity index (χ4n) is 2.20. The first kappa shape index (κ1) is 10.8. The van der Waals surface area contributed by atoms with Gasteiger partial charge in [-0.05, 0) is 19.8 Å². The van der Waals surface area contributed by atoms with Gasteiger partial charge < -0.3 is 0 Å². The van der Waals surface area contributed by atoms with Gasteiger partial charge in [0.1, 0.15) is 5.78 Å². The molecule has 15 heavy (non-hydrogen) atoms. The van der Waals surface area contributed by atoms with Crippen LogP contribution in [-0.4, -0.2) is 10.8 Å². The lowest BCUT2D eigenvalue weighted by atomic mass is 9.94. The van der Waals surface area contributed by atoms with Gasteiger partial charge in [-0.15, -0.1) is 11.3 Å². The van der Waals surface area contributed by atoms with Gasteiger partial charge in [-0.3, -0.25) is 4.79 Å². The van der Waals surface area contributed by atoms with Crippen molar-refractivity contribution in [2.45, 2.75) is 45.4 Å². The Kier molecular flexibility index (Phi) is 3.52. The number of carbonyl (C=O) groups excluding carboxylic acids is 1. The number of hydrogen-bond donors (Lipinski definition) is 0. The van der Waals surface area contributed by atoms with Gasteiger partial charge in [0.25, 0.3) is 0 Å². The SMILES string of the molecule is Cc1nc(CC2CCCCCC2=O)cs1. The van der Waals surface area contributed by atoms with E-state index in [0.717, 1.165) is 36.4 Å². The maximum Gasteiger partial charge on any atom is 0.136 e. The van der Waals surface area contributed by atoms with Crippen molar-refractivity contribution in [2.24, 2.45) is 5.92 Å². The van der Waals surface area contributed by atoms with E-state index in [2.05, 4.69) is 10.4 Å². The second kappa shape index (κ2) is 4.88. The van der Waals surface area contributed by atoms with E-state index in [1.54, 1.807) is 11.3 Å². The quantitative estimate of drug-likeness (QED) is 0.721. The van der Waals surface area contributed by atoms with Crippen LogP contribution in [0, 0.1) is 12.8 Å². The number of ketones is 1. The highest BCUT2D eigenvalue weighted by atomic mass is 32.1. The van der Waals surface area contributed by atoms with Gasteiger partial charge in [0, 0.05) is 24.1 Å². The van der Waals surface area contributed by atoms with E-state index in [1.165, 1.54) is 12.8 Å². The van der Waals surface area contributed by atoms with Crippen molar-refractivity contribution in [1.29, 1.82) is 0 Å². The summed E-state index contributed by atoms with van der Waals surface area (Å²) < 4.78 is 0. The van der Waals surface area contributed by atoms with Crippen LogP contribution in [0.5, 0.6) is 0 Å². The zero-order valence-electron chi connectivity index (χ0n) is 9.16. The van der Waals surface area contributed by atoms with E-state index >= 15 is 0 Å². The number of aromatic nitrogens is 1. The van der Waals surface area contributed by atoms with E-state index in [4.69, 9.17) is 0 Å². The van der Waals surface area contributed by atoms with E-state index < -0.39 is 0 Å². The molecule has 0 bridgehead atoms. The Labute approximate surface area is 94.7 Å². The smallest absolute Gasteiger partial charge is 0.136 e. The molecule has 82 valence electrons. The van der Waals surface area contributed by atoms with Crippen molar-refractivity contribution in [3.8, 4) is 0 Å². The molecule has 1 aromatic rings. The van der Waals surface area contributed by atoms with Crippen LogP contribution in [-0.2, 0) is 11.2 Å². The molecular weight excluding hydrogens is 206 g/mol. The number of hydrogen-bond acceptors (Lipinski definition) is 3. The Hall–Kier alpha value is -0.700. The van der Waals surface area contributed by atoms with Crippen LogP contribution in [0.25, 0.3) is 0 Å². The number of thiazole rings is 1. The number of aryl methyl sites for hydroxylation is 1. The highest BCUT2D eigenvalue weighted by molar-refractivity contribution is 7.09. The van der Waals surface area contributed by atoms with Gasteiger partial charge in [-0.1, -0.05) is 12.8 Å². The average molecular weight is 223 g/mol. The lowest BCUT2D eigenvalue weighted by molar-refractivity contribution is -0.122. The maximum atomic E-state index is 11.8. The third-order valence-corrected chi connectivity index (χ3v) is 3.88. The second-order valence-corrected chi connectivity index (χ2v) is 5.39. The molecule has 1 atom stereocenters. The molecule has 1 saturated carbocycles. The largest absolute Gasteiger partial charge is 0.299 e. The molecule has 0 aromatic carbocycles. The molecule has 1 fully saturated rings. The number of rotatable bonds is 2. The summed E-state index contributed by atoms with van der Waals surface area (Å²) in [6, 6.07) is 0. The number of Topliss-reactive ketones (excluding diaryl/α,β-unsaturated/α-hetero) is 1. The summed E-state index contributed by atoms with van der Waals surface area (Å²) in [5.41, 5.74) is 1.11. The Bertz CT molecular complexity index is 345. The summed E-state index contributed by atoms with van der Waals surface area (Å²) in [5, 5.41) is 3.19. The van der Waals surface area contributed by atoms with E-state index in [0.29, 0.717) is 5.78 Å². The molecule has 0 N–H and O–H groups in total. The zero-order valence-corrected chi connectivity index (χ0v) is 9.98. The molecule has 0 radical (unpaired) electrons. The standard InChI is InChI=1S/C12H17NOS/c1-9-13-11(8-15-9)7-10-5-3-2-4-6-12(10)14/h8,10H,2-7H2,1H3. The Balaban J connectivity index is 2.00. The summed E-state index contributed by atoms with van der Waals surface area (Å²) in [7, 11) is 0. The molecule has 1 aromatic heterocycles. The predicted molar refractivity (Wildman–Crippen MR) is 62.1 cm³/mol. The molecule has 2 nitrogen and oxygen atoms in total. The van der Waals surface area contributed by atoms with E-state index in [1.807, 2.05) is 6.92 Å². The maximum absolute atomic E-state index is 11.8. The molecule has 1 aliphatic carbocycles. The topological polar surface area (TPSA) is 30.0 Å². The molecule has 1 heterocycles. The van der Waals surface area contributed by atoms with Crippen LogP contribution in [0.2, 0.25) is 0 Å². The van der Waals surface area contributed by atoms with Crippen LogP contribution in [0.1, 0.15) is 42.8 Å². The number of carbonyl (C=O) groups is 1. The van der Waals surface area contributed by atoms with Crippen LogP contribution in [0.4, 0.5) is 0 Å². The molecule has 0 spiro atoms. The summed E-state index contributed by atoms with van der Waals surface area (Å²) in [5.74, 6) is 0.701. The summed E-state index contributed by atoms with van der Waals surface area (Å²) >= 11 is 1.68. The van der Waals surface area contributed by atoms with Gasteiger partial charge >= 0.3 is 0 Å². The molecule has 1 unspecified atom stereocenters. The van der Waals surface area contributed by atoms with Crippen LogP contribution in [0.15, 0.2) is 5.38 Å². The molecular formula is C12H17NOS. The minimum Gasteiger partial charge on any atom is -0.299 e. The average Bonchev–Trinajstić information content (AvgIpc) is 2.50. The first-order chi connectivity index (χ1) is 7.25. The third-order valence-electron chi connectivity index (χ3n) is 3.05. The lowest BCUT2D eigenvalue weighted by Crippen LogP contribution is -2.15. The van der Waals surface area contributed by atoms with Gasteiger partial charge in [0.05, 0.1) is 10.7 Å². The Morgan fingerprint density at radius 1 is 1.47 bits per heavy atom. The first-order valence-corrected chi connectivity index (χ1v) is 6.57. The Morgan fingerprint density at radius 2 is 2.33 bits per heavy atom. The first-order valence-electron chi connectivity index (χ1n) is 5.69. The normalized spacial score (nSPS) is 22.7. The fraction of sp³-hybridized carbons (Fsp3) is 0.667. The van der Waals surface area contributed by atoms with Gasteiger partial charge in [0.15, 0.2) is 0 Å². The highest BCUT2D eigenvalue weighted by Gasteiger charge is 2.21. The van der Waals surface area contributed by atoms with Crippen molar-refractivity contribution in [2.75, 3.05) is 0 Å². The molecule has 2 rings (SSSR count). The van der Waals surface area contributed by atoms with Crippen molar-refractivity contribution in [3.63, 3.8) is 0 Å². The summed E-state index contributed by atoms with van der Waals surface area (Å²) in [6.07, 6.45) is 6.23. The summed E-state index contributed by atoms with van der Waals surface area (Å²) in [4.78, 5) is 16.2. The Morgan fingerprint density at radius 3 is 3.07 bits per heavy atom. The van der Waals surface area contributed by atoms with E-state index in [9.17, 15) is 4.79 Å². The van der Waals surface area contributed by atoms with Gasteiger partial charge in [-0.25, -0.2) is 4.98 Å². The zero-order chi connectivity index (χ0) is 10.7. The van der Waals surface area contributed by atoms with Gasteiger partial charge in [-0.2, -0.15) is 0 Å². The van der Waals surface area contributed by atoms with Crippen LogP contribution >= 0.6 is 11.3 Å². The molecule has 0 aliphatic heterocycles. The highest BCUT2D eigenvalue weighted by Crippen LogP contribution is 2.23. The second-order valence-electron chi connectivity index (χ2n) is 4.32. The van der Waals surface area contributed by atoms with Crippen molar-refractivity contribution in [3.05, 3.63) is 16.1 Å². The predicted octanol–water partition coefficient (Wildman–Crippen LogP) is 3.14. The minimum absolute atomic E-state index is 0.244. The van der Waals surface area contributed by atoms with Crippen LogP contribution in [0.3, 0.4) is 0 Å². The monoisotopic (exact) mass is 223 g/mol. The van der Waals surface area contributed by atoms with Crippen molar-refractivity contribution < 1.29 is 4.79 Å². The fourth-order valence-corrected chi connectivity index (χ4v) is 2.83. The molecule has 0 saturated heterocycles. The third kappa shape index (κ3) is 2.88. The van der Waals surface area contributed by atoms with Crippen LogP contribution < -0.4 is 0 Å².